The van der Waals surface area contributed by atoms with Crippen LogP contribution in [0.5, 0.6) is 0 Å². The van der Waals surface area contributed by atoms with Gasteiger partial charge in [0, 0.05) is 19.6 Å². The molecule has 6 heteroatoms. The standard InChI is InChI=1S/C16H22N4O2/c1-11-5-14-15(6-12(11)2)20(10-18-14)8-13(21)7-19-4-3-17-16(22)9-19/h5-6,10,13,21H,3-4,7-9H2,1-2H3,(H,17,22). The molecule has 0 bridgehead atoms. The molecule has 1 saturated heterocycles. The number of hydrogen-bond donors (Lipinski definition) is 2. The molecule has 1 amide bonds. The van der Waals surface area contributed by atoms with Crippen molar-refractivity contribution in [3.05, 3.63) is 29.6 Å². The van der Waals surface area contributed by atoms with E-state index in [9.17, 15) is 9.90 Å². The SMILES string of the molecule is Cc1cc2ncn(CC(O)CN3CCNC(=O)C3)c2cc1C. The molecule has 22 heavy (non-hydrogen) atoms. The summed E-state index contributed by atoms with van der Waals surface area (Å²) in [6.45, 7) is 6.93. The third-order valence-corrected chi connectivity index (χ3v) is 4.23. The van der Waals surface area contributed by atoms with Gasteiger partial charge < -0.3 is 15.0 Å². The summed E-state index contributed by atoms with van der Waals surface area (Å²) in [6.07, 6.45) is 1.25. The molecule has 1 aliphatic rings. The molecule has 1 aliphatic heterocycles. The fraction of sp³-hybridized carbons (Fsp3) is 0.500. The molecular formula is C16H22N4O2. The summed E-state index contributed by atoms with van der Waals surface area (Å²) >= 11 is 0. The number of fused-ring (bicyclic) bond motifs is 1. The predicted octanol–water partition coefficient (Wildman–Crippen LogP) is 0.446. The highest BCUT2D eigenvalue weighted by Crippen LogP contribution is 2.18. The first-order valence-electron chi connectivity index (χ1n) is 7.62. The topological polar surface area (TPSA) is 70.4 Å². The van der Waals surface area contributed by atoms with Crippen LogP contribution in [0.3, 0.4) is 0 Å². The fourth-order valence-electron chi connectivity index (χ4n) is 2.89. The minimum atomic E-state index is -0.523. The Morgan fingerprint density at radius 3 is 2.86 bits per heavy atom. The van der Waals surface area contributed by atoms with Crippen molar-refractivity contribution in [3.63, 3.8) is 0 Å². The van der Waals surface area contributed by atoms with E-state index in [0.717, 1.165) is 17.6 Å². The lowest BCUT2D eigenvalue weighted by Crippen LogP contribution is -2.50. The van der Waals surface area contributed by atoms with E-state index in [0.29, 0.717) is 26.2 Å². The number of aliphatic hydroxyl groups is 1. The highest BCUT2D eigenvalue weighted by molar-refractivity contribution is 5.78. The number of amides is 1. The summed E-state index contributed by atoms with van der Waals surface area (Å²) < 4.78 is 1.98. The van der Waals surface area contributed by atoms with Gasteiger partial charge in [0.2, 0.25) is 5.91 Å². The van der Waals surface area contributed by atoms with Crippen LogP contribution in [-0.4, -0.2) is 57.7 Å². The van der Waals surface area contributed by atoms with Crippen LogP contribution in [-0.2, 0) is 11.3 Å². The van der Waals surface area contributed by atoms with E-state index in [-0.39, 0.29) is 5.91 Å². The Kier molecular flexibility index (Phi) is 4.13. The molecule has 3 rings (SSSR count). The van der Waals surface area contributed by atoms with E-state index < -0.39 is 6.10 Å². The second-order valence-electron chi connectivity index (χ2n) is 6.06. The van der Waals surface area contributed by atoms with Gasteiger partial charge in [0.1, 0.15) is 0 Å². The van der Waals surface area contributed by atoms with Crippen LogP contribution in [0.15, 0.2) is 18.5 Å². The largest absolute Gasteiger partial charge is 0.390 e. The van der Waals surface area contributed by atoms with Crippen LogP contribution < -0.4 is 5.32 Å². The van der Waals surface area contributed by atoms with Gasteiger partial charge in [0.15, 0.2) is 0 Å². The van der Waals surface area contributed by atoms with Gasteiger partial charge in [0.05, 0.1) is 36.6 Å². The zero-order chi connectivity index (χ0) is 15.7. The Morgan fingerprint density at radius 2 is 2.09 bits per heavy atom. The lowest BCUT2D eigenvalue weighted by atomic mass is 10.1. The Bertz CT molecular complexity index is 695. The lowest BCUT2D eigenvalue weighted by Gasteiger charge is -2.28. The van der Waals surface area contributed by atoms with Crippen molar-refractivity contribution < 1.29 is 9.90 Å². The lowest BCUT2D eigenvalue weighted by molar-refractivity contribution is -0.124. The molecule has 0 aliphatic carbocycles. The maximum Gasteiger partial charge on any atom is 0.234 e. The van der Waals surface area contributed by atoms with Gasteiger partial charge >= 0.3 is 0 Å². The number of aromatic nitrogens is 2. The fourth-order valence-corrected chi connectivity index (χ4v) is 2.89. The van der Waals surface area contributed by atoms with Gasteiger partial charge in [-0.05, 0) is 37.1 Å². The van der Waals surface area contributed by atoms with Gasteiger partial charge in [-0.2, -0.15) is 0 Å². The second kappa shape index (κ2) is 6.06. The van der Waals surface area contributed by atoms with E-state index >= 15 is 0 Å². The maximum atomic E-state index is 11.4. The number of nitrogens with zero attached hydrogens (tertiary/aromatic N) is 3. The molecule has 1 atom stereocenters. The smallest absolute Gasteiger partial charge is 0.234 e. The van der Waals surface area contributed by atoms with E-state index in [1.807, 2.05) is 9.47 Å². The van der Waals surface area contributed by atoms with Crippen molar-refractivity contribution in [2.24, 2.45) is 0 Å². The number of aryl methyl sites for hydroxylation is 2. The molecule has 1 aromatic carbocycles. The van der Waals surface area contributed by atoms with Gasteiger partial charge in [-0.3, -0.25) is 9.69 Å². The molecule has 2 heterocycles. The van der Waals surface area contributed by atoms with Crippen LogP contribution in [0, 0.1) is 13.8 Å². The third kappa shape index (κ3) is 3.13. The summed E-state index contributed by atoms with van der Waals surface area (Å²) in [7, 11) is 0. The number of piperazine rings is 1. The first kappa shape index (κ1) is 15.0. The van der Waals surface area contributed by atoms with Crippen molar-refractivity contribution in [2.45, 2.75) is 26.5 Å². The quantitative estimate of drug-likeness (QED) is 0.860. The van der Waals surface area contributed by atoms with Crippen LogP contribution in [0.4, 0.5) is 0 Å². The molecule has 118 valence electrons. The van der Waals surface area contributed by atoms with Gasteiger partial charge in [-0.15, -0.1) is 0 Å². The number of hydrogen-bond acceptors (Lipinski definition) is 4. The van der Waals surface area contributed by atoms with Crippen molar-refractivity contribution in [1.82, 2.24) is 19.8 Å². The van der Waals surface area contributed by atoms with Crippen molar-refractivity contribution in [1.29, 1.82) is 0 Å². The average molecular weight is 302 g/mol. The molecule has 0 spiro atoms. The number of benzene rings is 1. The minimum Gasteiger partial charge on any atom is -0.390 e. The van der Waals surface area contributed by atoms with E-state index in [4.69, 9.17) is 0 Å². The van der Waals surface area contributed by atoms with Gasteiger partial charge in [-0.25, -0.2) is 4.98 Å². The number of carbonyl (C=O) groups is 1. The molecule has 6 nitrogen and oxygen atoms in total. The van der Waals surface area contributed by atoms with Crippen LogP contribution in [0.2, 0.25) is 0 Å². The Labute approximate surface area is 129 Å². The van der Waals surface area contributed by atoms with E-state index in [1.54, 1.807) is 6.33 Å². The van der Waals surface area contributed by atoms with Crippen molar-refractivity contribution in [2.75, 3.05) is 26.2 Å². The molecule has 1 fully saturated rings. The molecule has 2 N–H and O–H groups in total. The summed E-state index contributed by atoms with van der Waals surface area (Å²) in [5.74, 6) is 0.0256. The molecule has 0 radical (unpaired) electrons. The first-order chi connectivity index (χ1) is 10.5. The number of aliphatic hydroxyl groups excluding tert-OH is 1. The predicted molar refractivity (Wildman–Crippen MR) is 84.7 cm³/mol. The number of rotatable bonds is 4. The Balaban J connectivity index is 1.70. The summed E-state index contributed by atoms with van der Waals surface area (Å²) in [4.78, 5) is 17.8. The second-order valence-corrected chi connectivity index (χ2v) is 6.06. The van der Waals surface area contributed by atoms with Crippen molar-refractivity contribution in [3.8, 4) is 0 Å². The third-order valence-electron chi connectivity index (χ3n) is 4.23. The van der Waals surface area contributed by atoms with Gasteiger partial charge in [-0.1, -0.05) is 0 Å². The number of carbonyl (C=O) groups excluding carboxylic acids is 1. The van der Waals surface area contributed by atoms with E-state index in [1.165, 1.54) is 11.1 Å². The van der Waals surface area contributed by atoms with Gasteiger partial charge in [0.25, 0.3) is 0 Å². The maximum absolute atomic E-state index is 11.4. The number of nitrogens with one attached hydrogen (secondary N) is 1. The zero-order valence-corrected chi connectivity index (χ0v) is 13.0. The van der Waals surface area contributed by atoms with Crippen LogP contribution in [0.1, 0.15) is 11.1 Å². The van der Waals surface area contributed by atoms with Crippen LogP contribution >= 0.6 is 0 Å². The summed E-state index contributed by atoms with van der Waals surface area (Å²) in [6, 6.07) is 4.18. The normalized spacial score (nSPS) is 17.7. The first-order valence-corrected chi connectivity index (χ1v) is 7.62. The summed E-state index contributed by atoms with van der Waals surface area (Å²) in [5.41, 5.74) is 4.43. The zero-order valence-electron chi connectivity index (χ0n) is 13.0. The molecule has 0 saturated carbocycles. The van der Waals surface area contributed by atoms with E-state index in [2.05, 4.69) is 36.3 Å². The molecule has 1 aromatic heterocycles. The van der Waals surface area contributed by atoms with Crippen LogP contribution in [0.25, 0.3) is 11.0 Å². The molecule has 2 aromatic rings. The Hall–Kier alpha value is -1.92. The average Bonchev–Trinajstić information content (AvgIpc) is 2.81. The minimum absolute atomic E-state index is 0.0256. The number of imidazole rings is 1. The highest BCUT2D eigenvalue weighted by Gasteiger charge is 2.19. The number of β-amino-alcohol motifs (C(OH)–C–C–N with tert-alkyl or cyclic N) is 1. The molecular weight excluding hydrogens is 280 g/mol. The van der Waals surface area contributed by atoms with Crippen molar-refractivity contribution >= 4 is 16.9 Å². The molecule has 1 unspecified atom stereocenters. The monoisotopic (exact) mass is 302 g/mol. The Morgan fingerprint density at radius 1 is 1.32 bits per heavy atom. The summed E-state index contributed by atoms with van der Waals surface area (Å²) in [5, 5.41) is 13.1. The highest BCUT2D eigenvalue weighted by atomic mass is 16.3.